The van der Waals surface area contributed by atoms with E-state index in [1.807, 2.05) is 36.4 Å². The number of benzene rings is 2. The summed E-state index contributed by atoms with van der Waals surface area (Å²) in [4.78, 5) is 12.4. The van der Waals surface area contributed by atoms with E-state index >= 15 is 0 Å². The summed E-state index contributed by atoms with van der Waals surface area (Å²) in [7, 11) is 0. The third-order valence-corrected chi connectivity index (χ3v) is 4.70. The number of carbonyl (C=O) groups excluding carboxylic acids is 1. The predicted octanol–water partition coefficient (Wildman–Crippen LogP) is 4.75. The van der Waals surface area contributed by atoms with Gasteiger partial charge in [-0.15, -0.1) is 0 Å². The molecule has 1 aliphatic heterocycles. The number of hydrogen-bond donors (Lipinski definition) is 0. The smallest absolute Gasteiger partial charge is 0.170 e. The Labute approximate surface area is 136 Å². The van der Waals surface area contributed by atoms with E-state index in [-0.39, 0.29) is 5.78 Å². The molecule has 3 nitrogen and oxygen atoms in total. The number of carbonyl (C=O) groups is 1. The summed E-state index contributed by atoms with van der Waals surface area (Å²) in [6, 6.07) is 15.3. The molecule has 1 heterocycles. The van der Waals surface area contributed by atoms with Crippen LogP contribution in [0.25, 0.3) is 11.1 Å². The van der Waals surface area contributed by atoms with Crippen molar-refractivity contribution < 1.29 is 9.53 Å². The van der Waals surface area contributed by atoms with Gasteiger partial charge in [0.15, 0.2) is 5.78 Å². The first kappa shape index (κ1) is 15.3. The Kier molecular flexibility index (Phi) is 3.92. The van der Waals surface area contributed by atoms with Crippen molar-refractivity contribution in [2.24, 2.45) is 0 Å². The molecule has 3 heteroatoms. The summed E-state index contributed by atoms with van der Waals surface area (Å²) >= 11 is 0. The largest absolute Gasteiger partial charge is 0.486 e. The molecule has 0 aromatic heterocycles. The monoisotopic (exact) mass is 305 g/mol. The van der Waals surface area contributed by atoms with Crippen LogP contribution in [0, 0.1) is 11.3 Å². The van der Waals surface area contributed by atoms with E-state index in [1.165, 1.54) is 0 Å². The molecule has 0 bridgehead atoms. The van der Waals surface area contributed by atoms with Gasteiger partial charge in [0.25, 0.3) is 0 Å². The van der Waals surface area contributed by atoms with Gasteiger partial charge in [-0.3, -0.25) is 4.79 Å². The highest BCUT2D eigenvalue weighted by atomic mass is 16.5. The van der Waals surface area contributed by atoms with Gasteiger partial charge in [0, 0.05) is 0 Å². The lowest BCUT2D eigenvalue weighted by molar-refractivity contribution is 0.0350. The van der Waals surface area contributed by atoms with Crippen LogP contribution in [-0.4, -0.2) is 11.4 Å². The summed E-state index contributed by atoms with van der Waals surface area (Å²) < 4.78 is 6.22. The molecule has 0 unspecified atom stereocenters. The summed E-state index contributed by atoms with van der Waals surface area (Å²) in [5.74, 6) is 0.803. The Balaban J connectivity index is 2.05. The highest BCUT2D eigenvalue weighted by Crippen LogP contribution is 2.39. The fourth-order valence-electron chi connectivity index (χ4n) is 3.09. The zero-order valence-corrected chi connectivity index (χ0v) is 13.4. The van der Waals surface area contributed by atoms with Crippen molar-refractivity contribution in [3.8, 4) is 22.9 Å². The van der Waals surface area contributed by atoms with Crippen LogP contribution >= 0.6 is 0 Å². The van der Waals surface area contributed by atoms with Gasteiger partial charge in [0.1, 0.15) is 11.4 Å². The van der Waals surface area contributed by atoms with Gasteiger partial charge >= 0.3 is 0 Å². The molecular formula is C20H19NO2. The zero-order valence-electron chi connectivity index (χ0n) is 13.4. The van der Waals surface area contributed by atoms with Gasteiger partial charge in [-0.25, -0.2) is 0 Å². The van der Waals surface area contributed by atoms with Gasteiger partial charge < -0.3 is 4.74 Å². The topological polar surface area (TPSA) is 50.1 Å². The van der Waals surface area contributed by atoms with Crippen LogP contribution in [-0.2, 0) is 0 Å². The maximum Gasteiger partial charge on any atom is 0.170 e. The predicted molar refractivity (Wildman–Crippen MR) is 89.5 cm³/mol. The molecular weight excluding hydrogens is 286 g/mol. The maximum absolute atomic E-state index is 12.4. The average Bonchev–Trinajstić information content (AvgIpc) is 2.61. The number of rotatable bonds is 3. The van der Waals surface area contributed by atoms with Gasteiger partial charge in [-0.05, 0) is 48.2 Å². The summed E-state index contributed by atoms with van der Waals surface area (Å²) in [6.45, 7) is 4.12. The highest BCUT2D eigenvalue weighted by Gasteiger charge is 2.37. The minimum Gasteiger partial charge on any atom is -0.486 e. The second-order valence-electron chi connectivity index (χ2n) is 6.00. The van der Waals surface area contributed by atoms with Crippen molar-refractivity contribution in [2.75, 3.05) is 0 Å². The normalized spacial score (nSPS) is 15.4. The molecule has 0 fully saturated rings. The number of ketones is 1. The molecule has 23 heavy (non-hydrogen) atoms. The second kappa shape index (κ2) is 5.89. The van der Waals surface area contributed by atoms with E-state index < -0.39 is 5.60 Å². The minimum atomic E-state index is -0.392. The zero-order chi connectivity index (χ0) is 16.4. The molecule has 0 radical (unpaired) electrons. The molecule has 116 valence electrons. The molecule has 1 aliphatic rings. The Morgan fingerprint density at radius 2 is 1.87 bits per heavy atom. The number of fused-ring (bicyclic) bond motifs is 1. The quantitative estimate of drug-likeness (QED) is 0.822. The molecule has 0 saturated heterocycles. The Hall–Kier alpha value is -2.60. The van der Waals surface area contributed by atoms with Crippen molar-refractivity contribution in [2.45, 2.75) is 38.7 Å². The van der Waals surface area contributed by atoms with Crippen LogP contribution < -0.4 is 4.74 Å². The molecule has 3 rings (SSSR count). The van der Waals surface area contributed by atoms with E-state index in [9.17, 15) is 4.79 Å². The molecule has 0 aliphatic carbocycles. The minimum absolute atomic E-state index is 0.146. The molecule has 2 aromatic carbocycles. The van der Waals surface area contributed by atoms with E-state index in [0.29, 0.717) is 23.3 Å². The summed E-state index contributed by atoms with van der Waals surface area (Å²) in [5, 5.41) is 9.05. The Morgan fingerprint density at radius 3 is 2.57 bits per heavy atom. The molecule has 0 N–H and O–H groups in total. The van der Waals surface area contributed by atoms with Gasteiger partial charge in [-0.2, -0.15) is 5.26 Å². The third-order valence-electron chi connectivity index (χ3n) is 4.70. The third kappa shape index (κ3) is 2.73. The average molecular weight is 305 g/mol. The van der Waals surface area contributed by atoms with Crippen molar-refractivity contribution in [3.05, 3.63) is 53.6 Å². The van der Waals surface area contributed by atoms with Gasteiger partial charge in [0.2, 0.25) is 0 Å². The standard InChI is InChI=1S/C20H19NO2/c1-3-20(4-2)12-18(22)17-9-8-16(11-19(17)23-20)15-7-5-6-14(10-15)13-21/h5-11H,3-4,12H2,1-2H3. The van der Waals surface area contributed by atoms with E-state index in [4.69, 9.17) is 10.00 Å². The number of nitriles is 1. The van der Waals surface area contributed by atoms with Crippen molar-refractivity contribution in [3.63, 3.8) is 0 Å². The van der Waals surface area contributed by atoms with Gasteiger partial charge in [0.05, 0.1) is 23.6 Å². The lowest BCUT2D eigenvalue weighted by atomic mass is 9.85. The van der Waals surface area contributed by atoms with Crippen LogP contribution in [0.2, 0.25) is 0 Å². The van der Waals surface area contributed by atoms with Crippen molar-refractivity contribution >= 4 is 5.78 Å². The fraction of sp³-hybridized carbons (Fsp3) is 0.300. The fourth-order valence-corrected chi connectivity index (χ4v) is 3.09. The molecule has 2 aromatic rings. The van der Waals surface area contributed by atoms with E-state index in [2.05, 4.69) is 19.9 Å². The van der Waals surface area contributed by atoms with Crippen LogP contribution in [0.3, 0.4) is 0 Å². The first-order chi connectivity index (χ1) is 11.1. The van der Waals surface area contributed by atoms with E-state index in [0.717, 1.165) is 24.0 Å². The maximum atomic E-state index is 12.4. The molecule has 0 spiro atoms. The van der Waals surface area contributed by atoms with E-state index in [1.54, 1.807) is 6.07 Å². The van der Waals surface area contributed by atoms with Crippen molar-refractivity contribution in [1.29, 1.82) is 5.26 Å². The lowest BCUT2D eigenvalue weighted by Crippen LogP contribution is -2.40. The Morgan fingerprint density at radius 1 is 1.13 bits per heavy atom. The second-order valence-corrected chi connectivity index (χ2v) is 6.00. The van der Waals surface area contributed by atoms with Gasteiger partial charge in [-0.1, -0.05) is 32.0 Å². The Bertz CT molecular complexity index is 798. The van der Waals surface area contributed by atoms with Crippen LogP contribution in [0.1, 0.15) is 49.0 Å². The first-order valence-corrected chi connectivity index (χ1v) is 7.97. The molecule has 0 amide bonds. The summed E-state index contributed by atoms with van der Waals surface area (Å²) in [6.07, 6.45) is 2.06. The molecule has 0 saturated carbocycles. The van der Waals surface area contributed by atoms with Crippen LogP contribution in [0.5, 0.6) is 5.75 Å². The molecule has 0 atom stereocenters. The number of Topliss-reactive ketones (excluding diaryl/α,β-unsaturated/α-hetero) is 1. The van der Waals surface area contributed by atoms with Crippen LogP contribution in [0.4, 0.5) is 0 Å². The number of ether oxygens (including phenoxy) is 1. The SMILES string of the molecule is CCC1(CC)CC(=O)c2ccc(-c3cccc(C#N)c3)cc2O1. The highest BCUT2D eigenvalue weighted by molar-refractivity contribution is 6.01. The lowest BCUT2D eigenvalue weighted by Gasteiger charge is -2.36. The van der Waals surface area contributed by atoms with Crippen LogP contribution in [0.15, 0.2) is 42.5 Å². The first-order valence-electron chi connectivity index (χ1n) is 7.97. The summed E-state index contributed by atoms with van der Waals surface area (Å²) in [5.41, 5.74) is 2.79. The number of nitrogens with zero attached hydrogens (tertiary/aromatic N) is 1. The van der Waals surface area contributed by atoms with Crippen molar-refractivity contribution in [1.82, 2.24) is 0 Å². The number of hydrogen-bond acceptors (Lipinski definition) is 3.